The number of carbonyl (C=O) groups is 1. The van der Waals surface area contributed by atoms with Crippen molar-refractivity contribution in [2.75, 3.05) is 12.0 Å². The first-order valence-electron chi connectivity index (χ1n) is 10.6. The van der Waals surface area contributed by atoms with Crippen LogP contribution >= 0.6 is 0 Å². The van der Waals surface area contributed by atoms with Crippen LogP contribution in [0.15, 0.2) is 90.0 Å². The number of nitrogens with one attached hydrogen (secondary N) is 2. The van der Waals surface area contributed by atoms with Crippen molar-refractivity contribution in [3.8, 4) is 0 Å². The molecular weight excluding hydrogens is 420 g/mol. The van der Waals surface area contributed by atoms with Crippen LogP contribution in [0, 0.1) is 10.1 Å². The molecule has 0 bridgehead atoms. The van der Waals surface area contributed by atoms with Gasteiger partial charge in [0.25, 0.3) is 5.69 Å². The zero-order chi connectivity index (χ0) is 23.6. The van der Waals surface area contributed by atoms with Crippen molar-refractivity contribution < 1.29 is 14.5 Å². The standard InChI is InChI=1S/C25H26N4O4/c1-3-33-25(30)18(2)26-23(19-10-6-4-7-11-19)24(20-12-8-5-9-13-20)28-27-21-14-16-22(17-15-21)29(31)32/h4-18,23,26-27H,3H2,1-2H3/b28-24-/t18-,23+/m0/s1. The third kappa shape index (κ3) is 6.47. The minimum absolute atomic E-state index is 0.0000903. The van der Waals surface area contributed by atoms with Crippen molar-refractivity contribution in [3.05, 3.63) is 106 Å². The van der Waals surface area contributed by atoms with Crippen LogP contribution < -0.4 is 10.7 Å². The highest BCUT2D eigenvalue weighted by atomic mass is 16.6. The quantitative estimate of drug-likeness (QED) is 0.202. The van der Waals surface area contributed by atoms with E-state index in [4.69, 9.17) is 4.74 Å². The van der Waals surface area contributed by atoms with E-state index in [9.17, 15) is 14.9 Å². The number of hydrogen-bond donors (Lipinski definition) is 2. The number of hydrazone groups is 1. The predicted octanol–water partition coefficient (Wildman–Crippen LogP) is 4.69. The summed E-state index contributed by atoms with van der Waals surface area (Å²) < 4.78 is 5.17. The Balaban J connectivity index is 1.99. The van der Waals surface area contributed by atoms with Crippen molar-refractivity contribution in [1.82, 2.24) is 5.32 Å². The molecule has 3 rings (SSSR count). The SMILES string of the molecule is CCOC(=O)[C@H](C)N[C@@H](/C(=N\Nc1ccc([N+](=O)[O-])cc1)c1ccccc1)c1ccccc1. The number of hydrogen-bond acceptors (Lipinski definition) is 7. The molecule has 0 heterocycles. The number of rotatable bonds is 10. The highest BCUT2D eigenvalue weighted by Gasteiger charge is 2.25. The summed E-state index contributed by atoms with van der Waals surface area (Å²) in [5.41, 5.74) is 6.01. The largest absolute Gasteiger partial charge is 0.465 e. The average Bonchev–Trinajstić information content (AvgIpc) is 2.85. The van der Waals surface area contributed by atoms with Crippen molar-refractivity contribution in [3.63, 3.8) is 0 Å². The van der Waals surface area contributed by atoms with Crippen LogP contribution in [0.1, 0.15) is 31.0 Å². The fourth-order valence-corrected chi connectivity index (χ4v) is 3.25. The first-order valence-corrected chi connectivity index (χ1v) is 10.6. The van der Waals surface area contributed by atoms with Crippen LogP contribution in [0.2, 0.25) is 0 Å². The summed E-state index contributed by atoms with van der Waals surface area (Å²) in [6.07, 6.45) is 0. The highest BCUT2D eigenvalue weighted by Crippen LogP contribution is 2.22. The molecular formula is C25H26N4O4. The highest BCUT2D eigenvalue weighted by molar-refractivity contribution is 6.05. The van der Waals surface area contributed by atoms with Gasteiger partial charge in [-0.2, -0.15) is 5.10 Å². The molecule has 0 aliphatic rings. The molecule has 33 heavy (non-hydrogen) atoms. The monoisotopic (exact) mass is 446 g/mol. The summed E-state index contributed by atoms with van der Waals surface area (Å²) in [6, 6.07) is 24.3. The summed E-state index contributed by atoms with van der Waals surface area (Å²) >= 11 is 0. The molecule has 8 nitrogen and oxygen atoms in total. The number of ether oxygens (including phenoxy) is 1. The molecule has 0 fully saturated rings. The van der Waals surface area contributed by atoms with Crippen LogP contribution in [-0.2, 0) is 9.53 Å². The number of benzene rings is 3. The second-order valence-corrected chi connectivity index (χ2v) is 7.26. The summed E-state index contributed by atoms with van der Waals surface area (Å²) in [7, 11) is 0. The molecule has 0 aliphatic heterocycles. The Bertz CT molecular complexity index is 1090. The van der Waals surface area contributed by atoms with Gasteiger partial charge in [-0.3, -0.25) is 25.7 Å². The van der Waals surface area contributed by atoms with E-state index < -0.39 is 17.0 Å². The van der Waals surface area contributed by atoms with Gasteiger partial charge >= 0.3 is 5.97 Å². The third-order valence-electron chi connectivity index (χ3n) is 4.92. The van der Waals surface area contributed by atoms with Crippen LogP contribution in [0.4, 0.5) is 11.4 Å². The fraction of sp³-hybridized carbons (Fsp3) is 0.200. The van der Waals surface area contributed by atoms with Crippen LogP contribution in [0.25, 0.3) is 0 Å². The molecule has 0 aliphatic carbocycles. The normalized spacial score (nSPS) is 13.1. The summed E-state index contributed by atoms with van der Waals surface area (Å²) in [5.74, 6) is -0.353. The number of esters is 1. The second-order valence-electron chi connectivity index (χ2n) is 7.26. The van der Waals surface area contributed by atoms with Crippen molar-refractivity contribution in [2.24, 2.45) is 5.10 Å². The second kappa shape index (κ2) is 11.5. The lowest BCUT2D eigenvalue weighted by Gasteiger charge is -2.25. The molecule has 0 radical (unpaired) electrons. The third-order valence-corrected chi connectivity index (χ3v) is 4.92. The van der Waals surface area contributed by atoms with E-state index in [1.54, 1.807) is 26.0 Å². The predicted molar refractivity (Wildman–Crippen MR) is 128 cm³/mol. The minimum atomic E-state index is -0.580. The molecule has 0 saturated heterocycles. The first-order chi connectivity index (χ1) is 16.0. The molecule has 0 saturated carbocycles. The number of nitro groups is 1. The van der Waals surface area contributed by atoms with Gasteiger partial charge in [-0.1, -0.05) is 60.7 Å². The number of anilines is 1. The zero-order valence-electron chi connectivity index (χ0n) is 18.5. The van der Waals surface area contributed by atoms with E-state index in [0.717, 1.165) is 11.1 Å². The Kier molecular flexibility index (Phi) is 8.26. The van der Waals surface area contributed by atoms with Gasteiger partial charge < -0.3 is 4.74 Å². The maximum Gasteiger partial charge on any atom is 0.322 e. The van der Waals surface area contributed by atoms with Crippen LogP contribution in [0.5, 0.6) is 0 Å². The summed E-state index contributed by atoms with van der Waals surface area (Å²) in [5, 5.41) is 18.9. The maximum absolute atomic E-state index is 12.3. The Morgan fingerprint density at radius 1 is 1.00 bits per heavy atom. The van der Waals surface area contributed by atoms with Gasteiger partial charge in [0.1, 0.15) is 6.04 Å². The minimum Gasteiger partial charge on any atom is -0.465 e. The summed E-state index contributed by atoms with van der Waals surface area (Å²) in [6.45, 7) is 3.81. The molecule has 170 valence electrons. The topological polar surface area (TPSA) is 106 Å². The van der Waals surface area contributed by atoms with Crippen molar-refractivity contribution in [1.29, 1.82) is 0 Å². The number of non-ortho nitro benzene ring substituents is 1. The van der Waals surface area contributed by atoms with E-state index in [2.05, 4.69) is 15.8 Å². The Morgan fingerprint density at radius 2 is 1.61 bits per heavy atom. The van der Waals surface area contributed by atoms with E-state index in [-0.39, 0.29) is 11.7 Å². The van der Waals surface area contributed by atoms with Gasteiger partial charge in [-0.05, 0) is 37.1 Å². The molecule has 0 unspecified atom stereocenters. The number of carbonyl (C=O) groups excluding carboxylic acids is 1. The number of nitro benzene ring substituents is 1. The summed E-state index contributed by atoms with van der Waals surface area (Å²) in [4.78, 5) is 22.8. The lowest BCUT2D eigenvalue weighted by molar-refractivity contribution is -0.384. The van der Waals surface area contributed by atoms with Gasteiger partial charge in [-0.15, -0.1) is 0 Å². The van der Waals surface area contributed by atoms with Gasteiger partial charge in [0, 0.05) is 12.1 Å². The van der Waals surface area contributed by atoms with Crippen molar-refractivity contribution >= 4 is 23.1 Å². The fourth-order valence-electron chi connectivity index (χ4n) is 3.25. The first kappa shape index (κ1) is 23.6. The van der Waals surface area contributed by atoms with E-state index >= 15 is 0 Å². The molecule has 3 aromatic carbocycles. The van der Waals surface area contributed by atoms with Crippen molar-refractivity contribution in [2.45, 2.75) is 25.9 Å². The molecule has 0 spiro atoms. The van der Waals surface area contributed by atoms with Gasteiger partial charge in [0.05, 0.1) is 29.0 Å². The van der Waals surface area contributed by atoms with Crippen LogP contribution in [-0.4, -0.2) is 29.3 Å². The molecule has 8 heteroatoms. The van der Waals surface area contributed by atoms with E-state index in [0.29, 0.717) is 18.0 Å². The molecule has 3 aromatic rings. The lowest BCUT2D eigenvalue weighted by atomic mass is 9.96. The Morgan fingerprint density at radius 3 is 2.18 bits per heavy atom. The van der Waals surface area contributed by atoms with E-state index in [1.807, 2.05) is 60.7 Å². The molecule has 2 atom stereocenters. The number of nitrogens with zero attached hydrogens (tertiary/aromatic N) is 2. The zero-order valence-corrected chi connectivity index (χ0v) is 18.5. The Labute approximate surface area is 192 Å². The van der Waals surface area contributed by atoms with Gasteiger partial charge in [0.15, 0.2) is 0 Å². The van der Waals surface area contributed by atoms with Crippen LogP contribution in [0.3, 0.4) is 0 Å². The lowest BCUT2D eigenvalue weighted by Crippen LogP contribution is -2.41. The van der Waals surface area contributed by atoms with Gasteiger partial charge in [-0.25, -0.2) is 0 Å². The average molecular weight is 447 g/mol. The molecule has 0 amide bonds. The van der Waals surface area contributed by atoms with E-state index in [1.165, 1.54) is 12.1 Å². The Hall–Kier alpha value is -4.04. The van der Waals surface area contributed by atoms with Gasteiger partial charge in [0.2, 0.25) is 0 Å². The smallest absolute Gasteiger partial charge is 0.322 e. The maximum atomic E-state index is 12.3. The molecule has 2 N–H and O–H groups in total. The molecule has 0 aromatic heterocycles.